The van der Waals surface area contributed by atoms with Gasteiger partial charge in [0.15, 0.2) is 0 Å². The third-order valence-corrected chi connectivity index (χ3v) is 7.67. The van der Waals surface area contributed by atoms with Crippen molar-refractivity contribution in [2.45, 2.75) is 11.2 Å². The fourth-order valence-corrected chi connectivity index (χ4v) is 5.36. The maximum atomic E-state index is 13.2. The fraction of sp³-hybridized carbons (Fsp3) is 0.0588. The van der Waals surface area contributed by atoms with Gasteiger partial charge in [0.25, 0.3) is 0 Å². The molecule has 44 heavy (non-hydrogen) atoms. The van der Waals surface area contributed by atoms with Gasteiger partial charge in [-0.05, 0) is 47.5 Å². The van der Waals surface area contributed by atoms with Gasteiger partial charge < -0.3 is 10.2 Å². The van der Waals surface area contributed by atoms with Crippen LogP contribution in [0.25, 0.3) is 0 Å². The van der Waals surface area contributed by atoms with Crippen LogP contribution in [0.4, 0.5) is 8.78 Å². The standard InChI is InChI=1S/2C17H12ClFN2O/c2*18-16-4-2-1-3-15(16)17(22,13-9-20-11-21-10-13)12-5-7-14(19)8-6-12/h2*1-11,22H. The fourth-order valence-electron chi connectivity index (χ4n) is 4.82. The zero-order valence-electron chi connectivity index (χ0n) is 22.9. The van der Waals surface area contributed by atoms with E-state index in [1.807, 2.05) is 0 Å². The van der Waals surface area contributed by atoms with Crippen LogP contribution in [0.5, 0.6) is 0 Å². The summed E-state index contributed by atoms with van der Waals surface area (Å²) in [5.41, 5.74) is -0.283. The molecule has 0 amide bonds. The lowest BCUT2D eigenvalue weighted by Gasteiger charge is -2.30. The number of aliphatic hydroxyl groups is 2. The second kappa shape index (κ2) is 13.4. The van der Waals surface area contributed by atoms with Gasteiger partial charge in [-0.2, -0.15) is 0 Å². The molecule has 2 unspecified atom stereocenters. The van der Waals surface area contributed by atoms with Crippen molar-refractivity contribution in [3.63, 3.8) is 0 Å². The number of hydrogen-bond acceptors (Lipinski definition) is 6. The molecule has 10 heteroatoms. The molecule has 6 aromatic rings. The molecule has 0 spiro atoms. The molecule has 0 saturated heterocycles. The first-order valence-electron chi connectivity index (χ1n) is 13.2. The molecule has 2 heterocycles. The Kier molecular flexibility index (Phi) is 9.37. The summed E-state index contributed by atoms with van der Waals surface area (Å²) >= 11 is 12.5. The average molecular weight is 629 g/mol. The number of hydrogen-bond donors (Lipinski definition) is 2. The van der Waals surface area contributed by atoms with Crippen molar-refractivity contribution in [1.82, 2.24) is 19.9 Å². The monoisotopic (exact) mass is 628 g/mol. The molecule has 4 aromatic carbocycles. The molecule has 220 valence electrons. The van der Waals surface area contributed by atoms with Crippen molar-refractivity contribution in [1.29, 1.82) is 0 Å². The Hall–Kier alpha value is -4.60. The van der Waals surface area contributed by atoms with Gasteiger partial charge in [-0.3, -0.25) is 0 Å². The third kappa shape index (κ3) is 6.20. The number of halogens is 4. The van der Waals surface area contributed by atoms with E-state index in [2.05, 4.69) is 19.9 Å². The van der Waals surface area contributed by atoms with E-state index < -0.39 is 11.2 Å². The predicted octanol–water partition coefficient (Wildman–Crippen LogP) is 7.11. The summed E-state index contributed by atoms with van der Waals surface area (Å²) in [5.74, 6) is -0.760. The quantitative estimate of drug-likeness (QED) is 0.204. The second-order valence-corrected chi connectivity index (χ2v) is 10.5. The molecular formula is C34H24Cl2F2N4O2. The van der Waals surface area contributed by atoms with Crippen molar-refractivity contribution < 1.29 is 19.0 Å². The second-order valence-electron chi connectivity index (χ2n) is 9.65. The van der Waals surface area contributed by atoms with Crippen LogP contribution in [-0.4, -0.2) is 30.1 Å². The Balaban J connectivity index is 0.000000175. The van der Waals surface area contributed by atoms with Crippen LogP contribution in [0.3, 0.4) is 0 Å². The summed E-state index contributed by atoms with van der Waals surface area (Å²) in [4.78, 5) is 15.8. The largest absolute Gasteiger partial charge is 0.376 e. The lowest BCUT2D eigenvalue weighted by Crippen LogP contribution is -2.29. The normalized spacial score (nSPS) is 13.6. The summed E-state index contributed by atoms with van der Waals surface area (Å²) < 4.78 is 26.5. The molecule has 2 N–H and O–H groups in total. The van der Waals surface area contributed by atoms with Gasteiger partial charge in [0.2, 0.25) is 0 Å². The first-order valence-corrected chi connectivity index (χ1v) is 14.0. The van der Waals surface area contributed by atoms with E-state index in [1.165, 1.54) is 86.0 Å². The molecule has 0 aliphatic carbocycles. The highest BCUT2D eigenvalue weighted by molar-refractivity contribution is 6.31. The van der Waals surface area contributed by atoms with Gasteiger partial charge in [0, 0.05) is 57.1 Å². The number of aromatic nitrogens is 4. The summed E-state index contributed by atoms with van der Waals surface area (Å²) in [6.07, 6.45) is 8.81. The van der Waals surface area contributed by atoms with E-state index in [1.54, 1.807) is 48.5 Å². The van der Waals surface area contributed by atoms with Crippen molar-refractivity contribution in [2.24, 2.45) is 0 Å². The van der Waals surface area contributed by atoms with Crippen LogP contribution in [0, 0.1) is 11.6 Å². The first kappa shape index (κ1) is 30.8. The first-order chi connectivity index (χ1) is 21.2. The maximum absolute atomic E-state index is 13.2. The van der Waals surface area contributed by atoms with Crippen LogP contribution in [-0.2, 0) is 11.2 Å². The summed E-state index contributed by atoms with van der Waals surface area (Å²) in [7, 11) is 0. The Bertz CT molecular complexity index is 1700. The van der Waals surface area contributed by atoms with Crippen molar-refractivity contribution in [3.05, 3.63) is 190 Å². The SMILES string of the molecule is OC(c1ccc(F)cc1)(c1cncnc1)c1ccccc1Cl.OC(c1ccc(F)cc1)(c1cncnc1)c1ccccc1Cl. The molecule has 6 rings (SSSR count). The molecule has 0 aliphatic rings. The number of rotatable bonds is 6. The summed E-state index contributed by atoms with van der Waals surface area (Å²) in [6, 6.07) is 25.2. The Labute approximate surface area is 262 Å². The summed E-state index contributed by atoms with van der Waals surface area (Å²) in [5, 5.41) is 23.6. The Morgan fingerprint density at radius 3 is 1.09 bits per heavy atom. The predicted molar refractivity (Wildman–Crippen MR) is 164 cm³/mol. The lowest BCUT2D eigenvalue weighted by atomic mass is 9.81. The van der Waals surface area contributed by atoms with Crippen LogP contribution >= 0.6 is 23.2 Å². The van der Waals surface area contributed by atoms with Gasteiger partial charge in [0.05, 0.1) is 0 Å². The summed E-state index contributed by atoms with van der Waals surface area (Å²) in [6.45, 7) is 0. The molecule has 0 radical (unpaired) electrons. The minimum atomic E-state index is -1.56. The maximum Gasteiger partial charge on any atom is 0.144 e. The van der Waals surface area contributed by atoms with Gasteiger partial charge in [-0.15, -0.1) is 0 Å². The van der Waals surface area contributed by atoms with Crippen LogP contribution in [0.2, 0.25) is 10.0 Å². The minimum absolute atomic E-state index is 0.380. The van der Waals surface area contributed by atoms with E-state index in [-0.39, 0.29) is 11.6 Å². The molecular weight excluding hydrogens is 605 g/mol. The minimum Gasteiger partial charge on any atom is -0.376 e. The third-order valence-electron chi connectivity index (χ3n) is 7.01. The van der Waals surface area contributed by atoms with Crippen molar-refractivity contribution >= 4 is 23.2 Å². The van der Waals surface area contributed by atoms with Crippen molar-refractivity contribution in [2.75, 3.05) is 0 Å². The highest BCUT2D eigenvalue weighted by atomic mass is 35.5. The van der Waals surface area contributed by atoms with Gasteiger partial charge in [0.1, 0.15) is 35.5 Å². The van der Waals surface area contributed by atoms with Crippen molar-refractivity contribution in [3.8, 4) is 0 Å². The van der Waals surface area contributed by atoms with E-state index in [4.69, 9.17) is 23.2 Å². The van der Waals surface area contributed by atoms with Gasteiger partial charge in [-0.1, -0.05) is 83.9 Å². The van der Waals surface area contributed by atoms with E-state index in [9.17, 15) is 19.0 Å². The molecule has 0 fully saturated rings. The smallest absolute Gasteiger partial charge is 0.144 e. The van der Waals surface area contributed by atoms with E-state index in [0.717, 1.165) is 0 Å². The van der Waals surface area contributed by atoms with Crippen LogP contribution in [0.15, 0.2) is 135 Å². The highest BCUT2D eigenvalue weighted by Gasteiger charge is 2.37. The molecule has 0 aliphatic heterocycles. The average Bonchev–Trinajstić information content (AvgIpc) is 3.06. The van der Waals surface area contributed by atoms with Gasteiger partial charge >= 0.3 is 0 Å². The van der Waals surface area contributed by atoms with Crippen LogP contribution in [0.1, 0.15) is 33.4 Å². The molecule has 0 saturated carbocycles. The number of nitrogens with zero attached hydrogens (tertiary/aromatic N) is 4. The highest BCUT2D eigenvalue weighted by Crippen LogP contribution is 2.40. The Morgan fingerprint density at radius 1 is 0.455 bits per heavy atom. The zero-order chi connectivity index (χ0) is 31.2. The molecule has 6 nitrogen and oxygen atoms in total. The molecule has 2 atom stereocenters. The van der Waals surface area contributed by atoms with E-state index in [0.29, 0.717) is 43.4 Å². The lowest BCUT2D eigenvalue weighted by molar-refractivity contribution is 0.124. The zero-order valence-corrected chi connectivity index (χ0v) is 24.4. The molecule has 2 aromatic heterocycles. The topological polar surface area (TPSA) is 92.0 Å². The Morgan fingerprint density at radius 2 is 0.773 bits per heavy atom. The van der Waals surface area contributed by atoms with E-state index >= 15 is 0 Å². The van der Waals surface area contributed by atoms with Gasteiger partial charge in [-0.25, -0.2) is 28.7 Å². The number of benzene rings is 4. The van der Waals surface area contributed by atoms with Crippen LogP contribution < -0.4 is 0 Å². The molecule has 0 bridgehead atoms.